The van der Waals surface area contributed by atoms with Crippen molar-refractivity contribution in [1.29, 1.82) is 0 Å². The zero-order valence-electron chi connectivity index (χ0n) is 41.6. The van der Waals surface area contributed by atoms with Crippen molar-refractivity contribution in [3.8, 4) is 0 Å². The Balaban J connectivity index is 4.34. The Morgan fingerprint density at radius 2 is 0.891 bits per heavy atom. The van der Waals surface area contributed by atoms with Gasteiger partial charge in [-0.05, 0) is 83.5 Å². The molecule has 9 heteroatoms. The molecule has 0 rings (SSSR count). The second kappa shape index (κ2) is 46.3. The van der Waals surface area contributed by atoms with Gasteiger partial charge in [0.1, 0.15) is 13.2 Å². The van der Waals surface area contributed by atoms with E-state index in [4.69, 9.17) is 18.9 Å². The minimum Gasteiger partial charge on any atom is -0.545 e. The number of ether oxygens (including phenoxy) is 4. The Kier molecular flexibility index (Phi) is 43.9. The molecule has 0 aromatic heterocycles. The van der Waals surface area contributed by atoms with Crippen molar-refractivity contribution in [3.05, 3.63) is 72.9 Å². The summed E-state index contributed by atoms with van der Waals surface area (Å²) in [5.41, 5.74) is 0. The molecule has 0 aromatic rings. The summed E-state index contributed by atoms with van der Waals surface area (Å²) < 4.78 is 22.6. The molecule has 0 amide bonds. The predicted molar refractivity (Wildman–Crippen MR) is 265 cm³/mol. The third-order valence-corrected chi connectivity index (χ3v) is 10.7. The van der Waals surface area contributed by atoms with Gasteiger partial charge >= 0.3 is 11.9 Å². The van der Waals surface area contributed by atoms with Gasteiger partial charge in [-0.25, -0.2) is 0 Å². The molecule has 2 atom stereocenters. The van der Waals surface area contributed by atoms with Gasteiger partial charge in [-0.2, -0.15) is 0 Å². The highest BCUT2D eigenvalue weighted by Gasteiger charge is 2.21. The first-order chi connectivity index (χ1) is 31.1. The van der Waals surface area contributed by atoms with Gasteiger partial charge in [0.25, 0.3) is 0 Å². The normalized spacial score (nSPS) is 13.5. The number of hydrogen-bond donors (Lipinski definition) is 0. The molecule has 2 unspecified atom stereocenters. The number of carboxylic acids is 1. The van der Waals surface area contributed by atoms with Gasteiger partial charge in [-0.3, -0.25) is 9.59 Å². The monoisotopic (exact) mass is 898 g/mol. The van der Waals surface area contributed by atoms with Crippen molar-refractivity contribution in [2.75, 3.05) is 47.5 Å². The number of carbonyl (C=O) groups excluding carboxylic acids is 3. The van der Waals surface area contributed by atoms with Crippen molar-refractivity contribution in [2.45, 2.75) is 212 Å². The maximum Gasteiger partial charge on any atom is 0.306 e. The van der Waals surface area contributed by atoms with Crippen LogP contribution in [0.15, 0.2) is 72.9 Å². The molecular formula is C55H95NO8. The van der Waals surface area contributed by atoms with Gasteiger partial charge in [-0.1, -0.05) is 177 Å². The first-order valence-electron chi connectivity index (χ1n) is 25.6. The summed E-state index contributed by atoms with van der Waals surface area (Å²) >= 11 is 0. The minimum atomic E-state index is -1.63. The number of allylic oxidation sites excluding steroid dienone is 12. The number of unbranched alkanes of at least 4 members (excludes halogenated alkanes) is 19. The maximum atomic E-state index is 12.8. The van der Waals surface area contributed by atoms with Crippen molar-refractivity contribution < 1.29 is 42.9 Å². The lowest BCUT2D eigenvalue weighted by atomic mass is 10.1. The number of rotatable bonds is 46. The molecule has 0 heterocycles. The van der Waals surface area contributed by atoms with Crippen LogP contribution in [0.5, 0.6) is 0 Å². The summed E-state index contributed by atoms with van der Waals surface area (Å²) in [6, 6.07) is 0. The lowest BCUT2D eigenvalue weighted by Gasteiger charge is -2.26. The molecule has 0 saturated carbocycles. The van der Waals surface area contributed by atoms with Crippen LogP contribution in [-0.4, -0.2) is 82.3 Å². The van der Waals surface area contributed by atoms with Crippen LogP contribution >= 0.6 is 0 Å². The van der Waals surface area contributed by atoms with Gasteiger partial charge in [0.2, 0.25) is 0 Å². The molecule has 64 heavy (non-hydrogen) atoms. The fraction of sp³-hybridized carbons (Fsp3) is 0.727. The first kappa shape index (κ1) is 60.7. The van der Waals surface area contributed by atoms with Crippen LogP contribution < -0.4 is 5.11 Å². The quantitative estimate of drug-likeness (QED) is 0.0195. The summed E-state index contributed by atoms with van der Waals surface area (Å²) in [6.07, 6.45) is 55.0. The zero-order valence-corrected chi connectivity index (χ0v) is 41.6. The molecule has 0 saturated heterocycles. The van der Waals surface area contributed by atoms with E-state index < -0.39 is 24.3 Å². The molecular weight excluding hydrogens is 803 g/mol. The summed E-state index contributed by atoms with van der Waals surface area (Å²) in [5, 5.41) is 11.7. The molecule has 0 aliphatic rings. The Morgan fingerprint density at radius 3 is 1.34 bits per heavy atom. The van der Waals surface area contributed by atoms with E-state index in [0.29, 0.717) is 17.4 Å². The van der Waals surface area contributed by atoms with Crippen LogP contribution in [0.2, 0.25) is 0 Å². The first-order valence-corrected chi connectivity index (χ1v) is 25.6. The highest BCUT2D eigenvalue weighted by atomic mass is 16.7. The number of esters is 2. The van der Waals surface area contributed by atoms with Crippen molar-refractivity contribution >= 4 is 17.9 Å². The molecule has 0 aliphatic heterocycles. The molecule has 0 fully saturated rings. The molecule has 0 N–H and O–H groups in total. The maximum absolute atomic E-state index is 12.8. The van der Waals surface area contributed by atoms with Gasteiger partial charge in [-0.15, -0.1) is 0 Å². The van der Waals surface area contributed by atoms with Gasteiger partial charge < -0.3 is 33.3 Å². The second-order valence-corrected chi connectivity index (χ2v) is 18.1. The number of likely N-dealkylation sites (N-methyl/N-ethyl adjacent to an activating group) is 1. The lowest BCUT2D eigenvalue weighted by Crippen LogP contribution is -2.44. The standard InChI is InChI=1S/C55H95NO8/c1-6-8-10-12-14-16-18-20-22-23-24-25-26-27-28-29-30-31-32-34-36-38-40-42-44-46-53(58)64-51(50-63-55(54(59)60)61-48-47-56(3,4)5)49-62-52(57)45-43-41-39-37-35-33-21-19-17-15-13-11-9-7-2/h8,10,14,16,19-22,24-25,27-28,51,55H,6-7,9,11-13,15,17-18,23,26,29-50H2,1-5H3/b10-8-,16-14-,21-19-,22-20-,25-24-,28-27-. The van der Waals surface area contributed by atoms with Crippen LogP contribution in [-0.2, 0) is 33.3 Å². The van der Waals surface area contributed by atoms with Crippen molar-refractivity contribution in [3.63, 3.8) is 0 Å². The number of aliphatic carboxylic acids is 1. The summed E-state index contributed by atoms with van der Waals surface area (Å²) in [7, 11) is 5.90. The number of hydrogen-bond acceptors (Lipinski definition) is 8. The van der Waals surface area contributed by atoms with Crippen LogP contribution in [0.1, 0.15) is 200 Å². The van der Waals surface area contributed by atoms with E-state index in [9.17, 15) is 19.5 Å². The van der Waals surface area contributed by atoms with Crippen molar-refractivity contribution in [1.82, 2.24) is 0 Å². The minimum absolute atomic E-state index is 0.142. The van der Waals surface area contributed by atoms with E-state index in [1.165, 1.54) is 70.6 Å². The predicted octanol–water partition coefficient (Wildman–Crippen LogP) is 12.9. The Bertz CT molecular complexity index is 1280. The van der Waals surface area contributed by atoms with E-state index in [-0.39, 0.29) is 38.6 Å². The van der Waals surface area contributed by atoms with E-state index in [2.05, 4.69) is 86.8 Å². The number of quaternary nitrogens is 1. The molecule has 9 nitrogen and oxygen atoms in total. The van der Waals surface area contributed by atoms with E-state index >= 15 is 0 Å². The average molecular weight is 898 g/mol. The topological polar surface area (TPSA) is 111 Å². The highest BCUT2D eigenvalue weighted by Crippen LogP contribution is 2.14. The van der Waals surface area contributed by atoms with Crippen LogP contribution in [0.3, 0.4) is 0 Å². The highest BCUT2D eigenvalue weighted by molar-refractivity contribution is 5.70. The van der Waals surface area contributed by atoms with E-state index in [1.54, 1.807) is 0 Å². The number of carbonyl (C=O) groups is 3. The van der Waals surface area contributed by atoms with Crippen LogP contribution in [0.25, 0.3) is 0 Å². The average Bonchev–Trinajstić information content (AvgIpc) is 3.26. The SMILES string of the molecule is CC/C=C\C/C=C\C/C=C\C/C=C\C/C=C\CCCCCCCCCCCC(=O)OC(COC(=O)CCCCCCC/C=C\CCCCCCC)COC(OCC[N+](C)(C)C)C(=O)[O-]. The Morgan fingerprint density at radius 1 is 0.484 bits per heavy atom. The largest absolute Gasteiger partial charge is 0.545 e. The molecule has 0 aliphatic carbocycles. The number of nitrogens with zero attached hydrogens (tertiary/aromatic N) is 1. The molecule has 368 valence electrons. The molecule has 0 radical (unpaired) electrons. The zero-order chi connectivity index (χ0) is 47.0. The van der Waals surface area contributed by atoms with E-state index in [0.717, 1.165) is 96.3 Å². The molecule has 0 spiro atoms. The van der Waals surface area contributed by atoms with Gasteiger partial charge in [0.15, 0.2) is 12.4 Å². The third kappa shape index (κ3) is 46.7. The van der Waals surface area contributed by atoms with Gasteiger partial charge in [0, 0.05) is 12.8 Å². The van der Waals surface area contributed by atoms with Crippen LogP contribution in [0.4, 0.5) is 0 Å². The lowest BCUT2D eigenvalue weighted by molar-refractivity contribution is -0.870. The van der Waals surface area contributed by atoms with Crippen LogP contribution in [0, 0.1) is 0 Å². The fourth-order valence-electron chi connectivity index (χ4n) is 6.73. The molecule has 0 aromatic carbocycles. The Hall–Kier alpha value is -3.27. The number of carboxylic acid groups (broad SMARTS) is 1. The Labute approximate surface area is 392 Å². The van der Waals surface area contributed by atoms with Gasteiger partial charge in [0.05, 0.1) is 40.3 Å². The summed E-state index contributed by atoms with van der Waals surface area (Å²) in [6.45, 7) is 4.60. The summed E-state index contributed by atoms with van der Waals surface area (Å²) in [4.78, 5) is 37.1. The fourth-order valence-corrected chi connectivity index (χ4v) is 6.73. The second-order valence-electron chi connectivity index (χ2n) is 18.1. The molecule has 0 bridgehead atoms. The smallest absolute Gasteiger partial charge is 0.306 e. The summed E-state index contributed by atoms with van der Waals surface area (Å²) in [5.74, 6) is -2.31. The van der Waals surface area contributed by atoms with E-state index in [1.807, 2.05) is 21.1 Å². The third-order valence-electron chi connectivity index (χ3n) is 10.7. The van der Waals surface area contributed by atoms with Crippen molar-refractivity contribution in [2.24, 2.45) is 0 Å².